The second-order valence-corrected chi connectivity index (χ2v) is 11.8. The number of carbonyl (C=O) groups is 1. The smallest absolute Gasteiger partial charge is 0.132 e. The number of rotatable bonds is 17. The monoisotopic (exact) mass is 496 g/mol. The molecule has 0 N–H and O–H groups in total. The summed E-state index contributed by atoms with van der Waals surface area (Å²) >= 11 is 0. The first-order valence-corrected chi connectivity index (χ1v) is 14.6. The summed E-state index contributed by atoms with van der Waals surface area (Å²) in [5.74, 6) is 0.456. The van der Waals surface area contributed by atoms with Gasteiger partial charge in [0.1, 0.15) is 5.78 Å². The summed E-state index contributed by atoms with van der Waals surface area (Å²) in [5.41, 5.74) is 4.65. The van der Waals surface area contributed by atoms with Crippen molar-refractivity contribution >= 4 is 5.78 Å². The lowest BCUT2D eigenvalue weighted by Gasteiger charge is -2.31. The van der Waals surface area contributed by atoms with Gasteiger partial charge in [0.05, 0.1) is 0 Å². The van der Waals surface area contributed by atoms with E-state index in [0.29, 0.717) is 5.78 Å². The predicted octanol–water partition coefficient (Wildman–Crippen LogP) is 10.0. The molecule has 1 nitrogen and oxygen atoms in total. The van der Waals surface area contributed by atoms with E-state index in [9.17, 15) is 4.79 Å². The van der Waals surface area contributed by atoms with Gasteiger partial charge in [-0.2, -0.15) is 0 Å². The fourth-order valence-electron chi connectivity index (χ4n) is 5.56. The Morgan fingerprint density at radius 1 is 0.541 bits per heavy atom. The zero-order valence-corrected chi connectivity index (χ0v) is 23.6. The van der Waals surface area contributed by atoms with Crippen LogP contribution in [-0.4, -0.2) is 5.78 Å². The molecular weight excluding hydrogens is 448 g/mol. The minimum Gasteiger partial charge on any atom is -0.300 e. The van der Waals surface area contributed by atoms with Gasteiger partial charge in [0, 0.05) is 12.8 Å². The number of hydrogen-bond acceptors (Lipinski definition) is 1. The highest BCUT2D eigenvalue weighted by Gasteiger charge is 2.25. The summed E-state index contributed by atoms with van der Waals surface area (Å²) in [6.45, 7) is 7.09. The van der Waals surface area contributed by atoms with E-state index in [-0.39, 0.29) is 10.8 Å². The molecule has 0 amide bonds. The summed E-state index contributed by atoms with van der Waals surface area (Å²) in [7, 11) is 0. The van der Waals surface area contributed by atoms with Gasteiger partial charge in [-0.25, -0.2) is 0 Å². The molecule has 0 radical (unpaired) electrons. The SMILES string of the molecule is CC(C)(CCCCCC(=O)CCCCCC(C)(CCc1ccccc1)c1ccccc1)c1ccccc1. The number of carbonyl (C=O) groups excluding carboxylic acids is 1. The molecule has 3 rings (SSSR count). The molecule has 37 heavy (non-hydrogen) atoms. The molecule has 0 spiro atoms. The maximum atomic E-state index is 12.5. The van der Waals surface area contributed by atoms with Crippen molar-refractivity contribution in [1.29, 1.82) is 0 Å². The molecule has 0 aromatic heterocycles. The summed E-state index contributed by atoms with van der Waals surface area (Å²) in [4.78, 5) is 12.5. The molecule has 0 aliphatic rings. The minimum atomic E-state index is 0.175. The minimum absolute atomic E-state index is 0.175. The van der Waals surface area contributed by atoms with Crippen LogP contribution in [0.5, 0.6) is 0 Å². The molecule has 1 heteroatoms. The molecule has 3 aromatic rings. The maximum absolute atomic E-state index is 12.5. The number of aryl methyl sites for hydroxylation is 1. The van der Waals surface area contributed by atoms with Crippen molar-refractivity contribution in [2.45, 2.75) is 109 Å². The van der Waals surface area contributed by atoms with Crippen LogP contribution in [0.25, 0.3) is 0 Å². The number of Topliss-reactive ketones (excluding diaryl/α,β-unsaturated/α-hetero) is 1. The van der Waals surface area contributed by atoms with Gasteiger partial charge >= 0.3 is 0 Å². The first kappa shape index (κ1) is 28.9. The van der Waals surface area contributed by atoms with E-state index in [4.69, 9.17) is 0 Å². The summed E-state index contributed by atoms with van der Waals surface area (Å²) < 4.78 is 0. The lowest BCUT2D eigenvalue weighted by molar-refractivity contribution is -0.119. The van der Waals surface area contributed by atoms with Crippen LogP contribution in [0.1, 0.15) is 108 Å². The van der Waals surface area contributed by atoms with Crippen LogP contribution in [0.3, 0.4) is 0 Å². The molecular formula is C36H48O. The molecule has 0 bridgehead atoms. The van der Waals surface area contributed by atoms with Crippen molar-refractivity contribution in [3.8, 4) is 0 Å². The average molecular weight is 497 g/mol. The highest BCUT2D eigenvalue weighted by molar-refractivity contribution is 5.78. The molecule has 0 aliphatic carbocycles. The van der Waals surface area contributed by atoms with Crippen molar-refractivity contribution in [1.82, 2.24) is 0 Å². The topological polar surface area (TPSA) is 17.1 Å². The van der Waals surface area contributed by atoms with E-state index in [2.05, 4.69) is 112 Å². The number of ketones is 1. The Hall–Kier alpha value is -2.67. The second-order valence-electron chi connectivity index (χ2n) is 11.8. The maximum Gasteiger partial charge on any atom is 0.132 e. The standard InChI is InChI=1S/C36H48O/c1-35(2,32-21-11-5-12-22-32)28-17-7-15-25-34(37)26-16-8-18-29-36(3,33-23-13-6-14-24-33)30-27-31-19-9-4-10-20-31/h4-6,9-14,19-24H,7-8,15-18,25-30H2,1-3H3. The Balaban J connectivity index is 1.32. The molecule has 0 heterocycles. The first-order valence-electron chi connectivity index (χ1n) is 14.6. The van der Waals surface area contributed by atoms with Gasteiger partial charge in [-0.3, -0.25) is 4.79 Å². The summed E-state index contributed by atoms with van der Waals surface area (Å²) in [6, 6.07) is 32.7. The lowest BCUT2D eigenvalue weighted by Crippen LogP contribution is -2.23. The predicted molar refractivity (Wildman–Crippen MR) is 159 cm³/mol. The molecule has 3 aromatic carbocycles. The normalized spacial score (nSPS) is 13.3. The summed E-state index contributed by atoms with van der Waals surface area (Å²) in [6.07, 6.45) is 12.9. The van der Waals surface area contributed by atoms with Crippen LogP contribution in [0.2, 0.25) is 0 Å². The first-order chi connectivity index (χ1) is 17.9. The second kappa shape index (κ2) is 14.9. The van der Waals surface area contributed by atoms with Gasteiger partial charge in [0.25, 0.3) is 0 Å². The van der Waals surface area contributed by atoms with Crippen LogP contribution in [0.15, 0.2) is 91.0 Å². The van der Waals surface area contributed by atoms with Crippen molar-refractivity contribution in [3.05, 3.63) is 108 Å². The van der Waals surface area contributed by atoms with Crippen molar-refractivity contribution < 1.29 is 4.79 Å². The van der Waals surface area contributed by atoms with E-state index in [1.807, 2.05) is 0 Å². The van der Waals surface area contributed by atoms with Crippen LogP contribution in [-0.2, 0) is 22.0 Å². The van der Waals surface area contributed by atoms with Crippen molar-refractivity contribution in [2.75, 3.05) is 0 Å². The van der Waals surface area contributed by atoms with E-state index >= 15 is 0 Å². The third kappa shape index (κ3) is 9.95. The molecule has 1 unspecified atom stereocenters. The number of unbranched alkanes of at least 4 members (excludes halogenated alkanes) is 4. The molecule has 0 saturated carbocycles. The molecule has 198 valence electrons. The fraction of sp³-hybridized carbons (Fsp3) is 0.472. The Morgan fingerprint density at radius 2 is 1.03 bits per heavy atom. The Morgan fingerprint density at radius 3 is 1.59 bits per heavy atom. The largest absolute Gasteiger partial charge is 0.300 e. The van der Waals surface area contributed by atoms with E-state index in [0.717, 1.165) is 51.4 Å². The van der Waals surface area contributed by atoms with Crippen LogP contribution >= 0.6 is 0 Å². The highest BCUT2D eigenvalue weighted by atomic mass is 16.1. The fourth-order valence-corrected chi connectivity index (χ4v) is 5.56. The van der Waals surface area contributed by atoms with Gasteiger partial charge < -0.3 is 0 Å². The van der Waals surface area contributed by atoms with Crippen molar-refractivity contribution in [2.24, 2.45) is 0 Å². The average Bonchev–Trinajstić information content (AvgIpc) is 2.93. The van der Waals surface area contributed by atoms with Gasteiger partial charge in [0.15, 0.2) is 0 Å². The third-order valence-corrected chi connectivity index (χ3v) is 8.28. The highest BCUT2D eigenvalue weighted by Crippen LogP contribution is 2.35. The Kier molecular flexibility index (Phi) is 11.6. The zero-order valence-electron chi connectivity index (χ0n) is 23.6. The van der Waals surface area contributed by atoms with E-state index in [1.165, 1.54) is 42.4 Å². The van der Waals surface area contributed by atoms with Gasteiger partial charge in [-0.1, -0.05) is 137 Å². The number of benzene rings is 3. The number of hydrogen-bond donors (Lipinski definition) is 0. The van der Waals surface area contributed by atoms with Gasteiger partial charge in [0.2, 0.25) is 0 Å². The molecule has 1 atom stereocenters. The van der Waals surface area contributed by atoms with Crippen LogP contribution in [0.4, 0.5) is 0 Å². The Labute approximate surface area is 226 Å². The van der Waals surface area contributed by atoms with E-state index < -0.39 is 0 Å². The molecule has 0 saturated heterocycles. The van der Waals surface area contributed by atoms with Crippen LogP contribution < -0.4 is 0 Å². The molecule has 0 aliphatic heterocycles. The quantitative estimate of drug-likeness (QED) is 0.170. The lowest BCUT2D eigenvalue weighted by atomic mass is 9.74. The Bertz CT molecular complexity index is 1020. The van der Waals surface area contributed by atoms with Crippen molar-refractivity contribution in [3.63, 3.8) is 0 Å². The van der Waals surface area contributed by atoms with Gasteiger partial charge in [-0.15, -0.1) is 0 Å². The zero-order chi connectivity index (χ0) is 26.4. The van der Waals surface area contributed by atoms with Gasteiger partial charge in [-0.05, 0) is 66.0 Å². The third-order valence-electron chi connectivity index (χ3n) is 8.28. The summed E-state index contributed by atoms with van der Waals surface area (Å²) in [5, 5.41) is 0. The van der Waals surface area contributed by atoms with Crippen LogP contribution in [0, 0.1) is 0 Å². The molecule has 0 fully saturated rings. The van der Waals surface area contributed by atoms with E-state index in [1.54, 1.807) is 0 Å².